The van der Waals surface area contributed by atoms with Crippen LogP contribution in [0.2, 0.25) is 0 Å². The van der Waals surface area contributed by atoms with Gasteiger partial charge in [-0.3, -0.25) is 9.69 Å². The lowest BCUT2D eigenvalue weighted by molar-refractivity contribution is 0.0938. The number of hydrogen-bond donors (Lipinski definition) is 3. The molecule has 5 N–H and O–H groups in total. The number of rotatable bonds is 3. The summed E-state index contributed by atoms with van der Waals surface area (Å²) in [6, 6.07) is 13.5. The van der Waals surface area contributed by atoms with E-state index in [4.69, 9.17) is 11.5 Å². The van der Waals surface area contributed by atoms with E-state index in [2.05, 4.69) is 9.71 Å². The molecular formula is C20H23N5O3S. The van der Waals surface area contributed by atoms with E-state index in [-0.39, 0.29) is 10.8 Å². The van der Waals surface area contributed by atoms with Gasteiger partial charge in [0, 0.05) is 11.4 Å². The Morgan fingerprint density at radius 1 is 1.00 bits per heavy atom. The first-order valence-electron chi connectivity index (χ1n) is 9.50. The van der Waals surface area contributed by atoms with Crippen LogP contribution in [0.5, 0.6) is 0 Å². The van der Waals surface area contributed by atoms with Crippen LogP contribution in [0.15, 0.2) is 57.8 Å². The van der Waals surface area contributed by atoms with Crippen molar-refractivity contribution in [2.24, 2.45) is 15.9 Å². The number of guanidine groups is 1. The van der Waals surface area contributed by atoms with Gasteiger partial charge in [-0.25, -0.2) is 0 Å². The van der Waals surface area contributed by atoms with Crippen LogP contribution in [-0.2, 0) is 10.0 Å². The number of benzene rings is 2. The molecule has 1 heterocycles. The van der Waals surface area contributed by atoms with E-state index in [1.165, 1.54) is 12.1 Å². The minimum atomic E-state index is -3.98. The highest BCUT2D eigenvalue weighted by atomic mass is 32.2. The number of hydrogen-bond acceptors (Lipinski definition) is 4. The summed E-state index contributed by atoms with van der Waals surface area (Å²) in [5.74, 6) is -0.622. The summed E-state index contributed by atoms with van der Waals surface area (Å²) in [5, 5.41) is 3.59. The zero-order valence-electron chi connectivity index (χ0n) is 15.8. The van der Waals surface area contributed by atoms with Gasteiger partial charge in [0.05, 0.1) is 10.5 Å². The van der Waals surface area contributed by atoms with E-state index in [1.807, 2.05) is 18.2 Å². The minimum Gasteiger partial charge on any atom is -0.369 e. The lowest BCUT2D eigenvalue weighted by atomic mass is 9.84. The Kier molecular flexibility index (Phi) is 4.70. The maximum Gasteiger partial charge on any atom is 0.285 e. The SMILES string of the molecule is NC(N)=NS(=O)(=O)c1ccc(N2C(=O)c3ccccc3NC23CCCCC3)cc1. The monoisotopic (exact) mass is 413 g/mol. The maximum absolute atomic E-state index is 13.4. The molecule has 1 aliphatic heterocycles. The van der Waals surface area contributed by atoms with Gasteiger partial charge in [-0.15, -0.1) is 4.40 Å². The van der Waals surface area contributed by atoms with Crippen molar-refractivity contribution in [3.8, 4) is 0 Å². The summed E-state index contributed by atoms with van der Waals surface area (Å²) in [7, 11) is -3.98. The minimum absolute atomic E-state index is 0.0369. The molecule has 2 aromatic rings. The second-order valence-corrected chi connectivity index (χ2v) is 8.99. The Labute approximate surface area is 169 Å². The lowest BCUT2D eigenvalue weighted by Crippen LogP contribution is -2.61. The van der Waals surface area contributed by atoms with Crippen LogP contribution in [0, 0.1) is 0 Å². The molecule has 0 bridgehead atoms. The summed E-state index contributed by atoms with van der Waals surface area (Å²) in [6.45, 7) is 0. The van der Waals surface area contributed by atoms with Crippen LogP contribution >= 0.6 is 0 Å². The highest BCUT2D eigenvalue weighted by Crippen LogP contribution is 2.43. The lowest BCUT2D eigenvalue weighted by Gasteiger charge is -2.50. The van der Waals surface area contributed by atoms with Gasteiger partial charge >= 0.3 is 0 Å². The van der Waals surface area contributed by atoms with E-state index in [0.29, 0.717) is 11.3 Å². The fourth-order valence-corrected chi connectivity index (χ4v) is 5.07. The molecule has 1 spiro atoms. The third kappa shape index (κ3) is 3.42. The molecule has 2 aliphatic rings. The predicted molar refractivity (Wildman–Crippen MR) is 112 cm³/mol. The van der Waals surface area contributed by atoms with Gasteiger partial charge in [0.25, 0.3) is 15.9 Å². The highest BCUT2D eigenvalue weighted by Gasteiger charge is 2.46. The molecule has 0 radical (unpaired) electrons. The average molecular weight is 414 g/mol. The molecule has 8 nitrogen and oxygen atoms in total. The topological polar surface area (TPSA) is 131 Å². The van der Waals surface area contributed by atoms with Gasteiger partial charge in [0.15, 0.2) is 0 Å². The molecule has 0 aromatic heterocycles. The van der Waals surface area contributed by atoms with Gasteiger partial charge < -0.3 is 16.8 Å². The second-order valence-electron chi connectivity index (χ2n) is 7.39. The van der Waals surface area contributed by atoms with Crippen LogP contribution in [-0.4, -0.2) is 25.9 Å². The molecule has 1 aliphatic carbocycles. The quantitative estimate of drug-likeness (QED) is 0.523. The zero-order valence-corrected chi connectivity index (χ0v) is 16.7. The molecule has 0 unspecified atom stereocenters. The molecule has 29 heavy (non-hydrogen) atoms. The normalized spacial score (nSPS) is 18.1. The van der Waals surface area contributed by atoms with Crippen LogP contribution in [0.4, 0.5) is 11.4 Å². The number of nitrogens with zero attached hydrogens (tertiary/aromatic N) is 2. The largest absolute Gasteiger partial charge is 0.369 e. The van der Waals surface area contributed by atoms with Gasteiger partial charge in [0.1, 0.15) is 5.66 Å². The maximum atomic E-state index is 13.4. The Balaban J connectivity index is 1.77. The van der Waals surface area contributed by atoms with E-state index < -0.39 is 21.6 Å². The molecule has 0 saturated heterocycles. The van der Waals surface area contributed by atoms with Crippen LogP contribution < -0.4 is 21.7 Å². The van der Waals surface area contributed by atoms with Gasteiger partial charge in [-0.2, -0.15) is 8.42 Å². The van der Waals surface area contributed by atoms with Crippen molar-refractivity contribution in [1.82, 2.24) is 0 Å². The number of nitrogens with two attached hydrogens (primary N) is 2. The average Bonchev–Trinajstić information content (AvgIpc) is 2.68. The molecule has 152 valence electrons. The van der Waals surface area contributed by atoms with E-state index in [1.54, 1.807) is 23.1 Å². The second kappa shape index (κ2) is 7.07. The molecule has 9 heteroatoms. The Bertz CT molecular complexity index is 1070. The van der Waals surface area contributed by atoms with E-state index >= 15 is 0 Å². The summed E-state index contributed by atoms with van der Waals surface area (Å²) in [5.41, 5.74) is 12.0. The summed E-state index contributed by atoms with van der Waals surface area (Å²) in [6.07, 6.45) is 4.79. The molecule has 1 fully saturated rings. The fourth-order valence-electron chi connectivity index (χ4n) is 4.21. The molecule has 1 amide bonds. The molecule has 4 rings (SSSR count). The Hall–Kier alpha value is -3.07. The van der Waals surface area contributed by atoms with E-state index in [9.17, 15) is 13.2 Å². The number of carbonyl (C=O) groups excluding carboxylic acids is 1. The van der Waals surface area contributed by atoms with Crippen molar-refractivity contribution >= 4 is 33.3 Å². The smallest absolute Gasteiger partial charge is 0.285 e. The molecule has 1 saturated carbocycles. The summed E-state index contributed by atoms with van der Waals surface area (Å²) >= 11 is 0. The van der Waals surface area contributed by atoms with Gasteiger partial charge in [-0.05, 0) is 62.1 Å². The van der Waals surface area contributed by atoms with Crippen LogP contribution in [0.3, 0.4) is 0 Å². The van der Waals surface area contributed by atoms with Crippen LogP contribution in [0.25, 0.3) is 0 Å². The fraction of sp³-hybridized carbons (Fsp3) is 0.300. The van der Waals surface area contributed by atoms with Crippen molar-refractivity contribution in [3.63, 3.8) is 0 Å². The summed E-state index contributed by atoms with van der Waals surface area (Å²) < 4.78 is 27.7. The number of sulfonamides is 1. The molecule has 2 aromatic carbocycles. The molecule has 0 atom stereocenters. The third-order valence-corrected chi connectivity index (χ3v) is 6.77. The van der Waals surface area contributed by atoms with Crippen molar-refractivity contribution in [2.75, 3.05) is 10.2 Å². The van der Waals surface area contributed by atoms with Crippen molar-refractivity contribution in [3.05, 3.63) is 54.1 Å². The first-order chi connectivity index (χ1) is 13.8. The number of para-hydroxylation sites is 1. The highest BCUT2D eigenvalue weighted by molar-refractivity contribution is 7.90. The number of nitrogens with one attached hydrogen (secondary N) is 1. The first kappa shape index (κ1) is 19.3. The van der Waals surface area contributed by atoms with Gasteiger partial charge in [-0.1, -0.05) is 18.6 Å². The van der Waals surface area contributed by atoms with Crippen molar-refractivity contribution < 1.29 is 13.2 Å². The predicted octanol–water partition coefficient (Wildman–Crippen LogP) is 2.38. The first-order valence-corrected chi connectivity index (χ1v) is 10.9. The number of carbonyl (C=O) groups is 1. The molecular weight excluding hydrogens is 390 g/mol. The number of amides is 1. The standard InChI is InChI=1S/C20H23N5O3S/c21-19(22)24-29(27,28)15-10-8-14(9-11-15)25-18(26)16-6-2-3-7-17(16)23-20(25)12-4-1-5-13-20/h2-3,6-11,23H,1,4-5,12-13H2,(H4,21,22,24). The van der Waals surface area contributed by atoms with Crippen LogP contribution in [0.1, 0.15) is 42.5 Å². The Morgan fingerprint density at radius 3 is 2.31 bits per heavy atom. The third-order valence-electron chi connectivity index (χ3n) is 5.46. The van der Waals surface area contributed by atoms with E-state index in [0.717, 1.165) is 37.8 Å². The summed E-state index contributed by atoms with van der Waals surface area (Å²) in [4.78, 5) is 15.2. The number of anilines is 2. The van der Waals surface area contributed by atoms with Crippen molar-refractivity contribution in [1.29, 1.82) is 0 Å². The van der Waals surface area contributed by atoms with Gasteiger partial charge in [0.2, 0.25) is 5.96 Å². The Morgan fingerprint density at radius 2 is 1.66 bits per heavy atom. The van der Waals surface area contributed by atoms with Crippen molar-refractivity contribution in [2.45, 2.75) is 42.7 Å². The zero-order chi connectivity index (χ0) is 20.6. The number of fused-ring (bicyclic) bond motifs is 1.